The SMILES string of the molecule is CCOC(=O)c1cnc2cc(OCCO[Si](C)(C)C(C)(C)C)c(N3CCN(C)CC3)cc2c1Nc1ccc(F)cc1F. The van der Waals surface area contributed by atoms with Gasteiger partial charge in [-0.25, -0.2) is 13.6 Å². The van der Waals surface area contributed by atoms with Gasteiger partial charge in [-0.2, -0.15) is 0 Å². The van der Waals surface area contributed by atoms with E-state index in [1.807, 2.05) is 12.1 Å². The van der Waals surface area contributed by atoms with Crippen molar-refractivity contribution in [3.63, 3.8) is 0 Å². The van der Waals surface area contributed by atoms with Crippen LogP contribution in [0.15, 0.2) is 36.5 Å². The fraction of sp³-hybridized carbons (Fsp3) is 0.484. The number of pyridine rings is 1. The van der Waals surface area contributed by atoms with E-state index in [4.69, 9.17) is 13.9 Å². The molecule has 3 aromatic rings. The number of anilines is 3. The zero-order chi connectivity index (χ0) is 30.7. The summed E-state index contributed by atoms with van der Waals surface area (Å²) in [5.74, 6) is -1.42. The molecular weight excluding hydrogens is 558 g/mol. The Hall–Kier alpha value is -3.28. The molecule has 1 aromatic heterocycles. The molecule has 0 amide bonds. The third-order valence-electron chi connectivity index (χ3n) is 8.09. The average molecular weight is 601 g/mol. The first-order valence-electron chi connectivity index (χ1n) is 14.4. The van der Waals surface area contributed by atoms with Gasteiger partial charge in [-0.05, 0) is 50.3 Å². The maximum atomic E-state index is 14.7. The Labute approximate surface area is 248 Å². The number of hydrogen-bond donors (Lipinski definition) is 1. The summed E-state index contributed by atoms with van der Waals surface area (Å²) in [5.41, 5.74) is 1.89. The topological polar surface area (TPSA) is 76.2 Å². The molecule has 1 N–H and O–H groups in total. The van der Waals surface area contributed by atoms with Gasteiger partial charge >= 0.3 is 5.97 Å². The second-order valence-corrected chi connectivity index (χ2v) is 16.9. The second kappa shape index (κ2) is 12.9. The number of nitrogens with one attached hydrogen (secondary N) is 1. The summed E-state index contributed by atoms with van der Waals surface area (Å²) in [6.07, 6.45) is 1.41. The predicted octanol–water partition coefficient (Wildman–Crippen LogP) is 6.59. The number of nitrogens with zero attached hydrogens (tertiary/aromatic N) is 3. The van der Waals surface area contributed by atoms with Crippen LogP contribution in [0.4, 0.5) is 25.8 Å². The van der Waals surface area contributed by atoms with Crippen LogP contribution in [0.2, 0.25) is 18.1 Å². The van der Waals surface area contributed by atoms with Gasteiger partial charge in [0.05, 0.1) is 35.8 Å². The summed E-state index contributed by atoms with van der Waals surface area (Å²) < 4.78 is 46.3. The minimum atomic E-state index is -1.93. The van der Waals surface area contributed by atoms with Crippen molar-refractivity contribution in [2.24, 2.45) is 0 Å². The molecule has 1 aliphatic heterocycles. The lowest BCUT2D eigenvalue weighted by atomic mass is 10.1. The molecule has 1 fully saturated rings. The number of likely N-dealkylation sites (N-methyl/N-ethyl adjacent to an activating group) is 1. The number of hydrogen-bond acceptors (Lipinski definition) is 8. The third-order valence-corrected chi connectivity index (χ3v) is 12.6. The van der Waals surface area contributed by atoms with Gasteiger partial charge < -0.3 is 29.0 Å². The minimum Gasteiger partial charge on any atom is -0.489 e. The minimum absolute atomic E-state index is 0.0266. The molecule has 2 heterocycles. The van der Waals surface area contributed by atoms with Gasteiger partial charge in [-0.3, -0.25) is 4.98 Å². The summed E-state index contributed by atoms with van der Waals surface area (Å²) in [7, 11) is 0.154. The highest BCUT2D eigenvalue weighted by Crippen LogP contribution is 2.40. The highest BCUT2D eigenvalue weighted by Gasteiger charge is 2.37. The number of benzene rings is 2. The number of carbonyl (C=O) groups excluding carboxylic acids is 1. The monoisotopic (exact) mass is 600 g/mol. The normalized spacial score (nSPS) is 14.7. The van der Waals surface area contributed by atoms with E-state index in [-0.39, 0.29) is 22.9 Å². The van der Waals surface area contributed by atoms with Crippen molar-refractivity contribution in [3.05, 3.63) is 53.7 Å². The van der Waals surface area contributed by atoms with E-state index in [1.165, 1.54) is 12.3 Å². The van der Waals surface area contributed by atoms with E-state index in [0.717, 1.165) is 44.0 Å². The molecule has 0 unspecified atom stereocenters. The molecule has 0 atom stereocenters. The quantitative estimate of drug-likeness (QED) is 0.159. The van der Waals surface area contributed by atoms with Gasteiger partial charge in [0.15, 0.2) is 8.32 Å². The first-order chi connectivity index (χ1) is 19.8. The number of ether oxygens (including phenoxy) is 2. The molecule has 228 valence electrons. The van der Waals surface area contributed by atoms with Crippen molar-refractivity contribution >= 4 is 42.3 Å². The molecule has 4 rings (SSSR count). The van der Waals surface area contributed by atoms with E-state index in [2.05, 4.69) is 61.0 Å². The number of fused-ring (bicyclic) bond motifs is 1. The van der Waals surface area contributed by atoms with Gasteiger partial charge in [0, 0.05) is 49.9 Å². The lowest BCUT2D eigenvalue weighted by Crippen LogP contribution is -2.44. The smallest absolute Gasteiger partial charge is 0.341 e. The molecule has 0 saturated carbocycles. The van der Waals surface area contributed by atoms with Gasteiger partial charge in [0.25, 0.3) is 0 Å². The maximum Gasteiger partial charge on any atom is 0.341 e. The maximum absolute atomic E-state index is 14.7. The van der Waals surface area contributed by atoms with Crippen molar-refractivity contribution in [2.45, 2.75) is 45.8 Å². The van der Waals surface area contributed by atoms with Crippen LogP contribution in [0.5, 0.6) is 5.75 Å². The summed E-state index contributed by atoms with van der Waals surface area (Å²) >= 11 is 0. The average Bonchev–Trinajstić information content (AvgIpc) is 2.92. The Kier molecular flexibility index (Phi) is 9.74. The Balaban J connectivity index is 1.77. The zero-order valence-electron chi connectivity index (χ0n) is 25.6. The van der Waals surface area contributed by atoms with E-state index in [0.29, 0.717) is 35.6 Å². The van der Waals surface area contributed by atoms with Crippen LogP contribution < -0.4 is 15.0 Å². The Morgan fingerprint density at radius 2 is 1.79 bits per heavy atom. The number of esters is 1. The first kappa shape index (κ1) is 31.6. The molecule has 0 aliphatic carbocycles. The van der Waals surface area contributed by atoms with Crippen molar-refractivity contribution in [3.8, 4) is 5.75 Å². The van der Waals surface area contributed by atoms with Gasteiger partial charge in [-0.1, -0.05) is 20.8 Å². The molecule has 1 saturated heterocycles. The van der Waals surface area contributed by atoms with E-state index in [9.17, 15) is 13.6 Å². The molecule has 0 spiro atoms. The van der Waals surface area contributed by atoms with Crippen molar-refractivity contribution in [2.75, 3.05) is 63.3 Å². The lowest BCUT2D eigenvalue weighted by molar-refractivity contribution is 0.0527. The van der Waals surface area contributed by atoms with Crippen LogP contribution in [0.25, 0.3) is 10.9 Å². The van der Waals surface area contributed by atoms with E-state index in [1.54, 1.807) is 6.92 Å². The molecule has 8 nitrogen and oxygen atoms in total. The van der Waals surface area contributed by atoms with Gasteiger partial charge in [-0.15, -0.1) is 0 Å². The molecule has 2 aromatic carbocycles. The molecule has 11 heteroatoms. The number of carbonyl (C=O) groups is 1. The largest absolute Gasteiger partial charge is 0.489 e. The van der Waals surface area contributed by atoms with E-state index >= 15 is 0 Å². The van der Waals surface area contributed by atoms with Crippen LogP contribution in [-0.2, 0) is 9.16 Å². The first-order valence-corrected chi connectivity index (χ1v) is 17.3. The molecule has 0 radical (unpaired) electrons. The summed E-state index contributed by atoms with van der Waals surface area (Å²) in [5, 5.41) is 3.70. The van der Waals surface area contributed by atoms with Crippen molar-refractivity contribution in [1.82, 2.24) is 9.88 Å². The van der Waals surface area contributed by atoms with Gasteiger partial charge in [0.1, 0.15) is 29.6 Å². The van der Waals surface area contributed by atoms with Crippen LogP contribution in [0, 0.1) is 11.6 Å². The second-order valence-electron chi connectivity index (χ2n) is 12.1. The molecule has 0 bridgehead atoms. The van der Waals surface area contributed by atoms with Crippen LogP contribution in [0.3, 0.4) is 0 Å². The number of aromatic nitrogens is 1. The van der Waals surface area contributed by atoms with Crippen LogP contribution in [0.1, 0.15) is 38.1 Å². The van der Waals surface area contributed by atoms with Gasteiger partial charge in [0.2, 0.25) is 0 Å². The standard InChI is InChI=1S/C31H42F2N4O4Si/c1-8-39-30(38)23-20-34-26-19-28(40-15-16-41-42(6,7)31(2,3)4)27(37-13-11-36(5)12-14-37)18-22(26)29(23)35-25-10-9-21(32)17-24(25)33/h9-10,17-20H,8,11-16H2,1-7H3,(H,34,35). The summed E-state index contributed by atoms with van der Waals surface area (Å²) in [6, 6.07) is 7.02. The fourth-order valence-corrected chi connectivity index (χ4v) is 5.53. The molecule has 42 heavy (non-hydrogen) atoms. The van der Waals surface area contributed by atoms with Crippen molar-refractivity contribution < 1.29 is 27.5 Å². The Morgan fingerprint density at radius 1 is 1.07 bits per heavy atom. The summed E-state index contributed by atoms with van der Waals surface area (Å²) in [6.45, 7) is 17.0. The zero-order valence-corrected chi connectivity index (χ0v) is 26.6. The van der Waals surface area contributed by atoms with E-state index < -0.39 is 25.9 Å². The Morgan fingerprint density at radius 3 is 2.43 bits per heavy atom. The molecule has 1 aliphatic rings. The fourth-order valence-electron chi connectivity index (χ4n) is 4.51. The highest BCUT2D eigenvalue weighted by molar-refractivity contribution is 6.74. The van der Waals surface area contributed by atoms with Crippen LogP contribution >= 0.6 is 0 Å². The Bertz CT molecular complexity index is 1420. The van der Waals surface area contributed by atoms with Crippen LogP contribution in [-0.4, -0.2) is 77.2 Å². The summed E-state index contributed by atoms with van der Waals surface area (Å²) in [4.78, 5) is 22.0. The number of rotatable bonds is 10. The third kappa shape index (κ3) is 7.19. The van der Waals surface area contributed by atoms with Crippen molar-refractivity contribution in [1.29, 1.82) is 0 Å². The predicted molar refractivity (Wildman–Crippen MR) is 166 cm³/mol. The number of piperazine rings is 1. The number of halogens is 2. The highest BCUT2D eigenvalue weighted by atomic mass is 28.4. The lowest BCUT2D eigenvalue weighted by Gasteiger charge is -2.36. The molecular formula is C31H42F2N4O4Si.